The molecule has 0 aliphatic carbocycles. The number of aromatic nitrogens is 1. The Morgan fingerprint density at radius 3 is 2.62 bits per heavy atom. The average molecular weight is 491 g/mol. The highest BCUT2D eigenvalue weighted by molar-refractivity contribution is 7.10. The van der Waals surface area contributed by atoms with Crippen LogP contribution < -0.4 is 14.9 Å². The van der Waals surface area contributed by atoms with Crippen LogP contribution in [0.1, 0.15) is 29.0 Å². The molecule has 0 bridgehead atoms. The van der Waals surface area contributed by atoms with Crippen molar-refractivity contribution in [3.05, 3.63) is 125 Å². The number of thiophene rings is 1. The third-order valence-electron chi connectivity index (χ3n) is 5.46. The van der Waals surface area contributed by atoms with E-state index in [1.54, 1.807) is 25.1 Å². The summed E-state index contributed by atoms with van der Waals surface area (Å²) >= 11 is 2.62. The average Bonchev–Trinajstić information content (AvgIpc) is 3.47. The molecule has 3 heterocycles. The number of allylic oxidation sites excluding steroid dienone is 1. The largest absolute Gasteiger partial charge is 0.457 e. The summed E-state index contributed by atoms with van der Waals surface area (Å²) < 4.78 is 21.7. The van der Waals surface area contributed by atoms with E-state index in [0.717, 1.165) is 10.4 Å². The second kappa shape index (κ2) is 9.32. The predicted octanol–water partition coefficient (Wildman–Crippen LogP) is 4.18. The lowest BCUT2D eigenvalue weighted by Crippen LogP contribution is -2.39. The number of ether oxygens (including phenoxy) is 1. The van der Waals surface area contributed by atoms with E-state index >= 15 is 0 Å². The lowest BCUT2D eigenvalue weighted by molar-refractivity contribution is -0.140. The van der Waals surface area contributed by atoms with E-state index in [4.69, 9.17) is 4.74 Å². The molecule has 0 N–H and O–H groups in total. The van der Waals surface area contributed by atoms with Crippen LogP contribution in [0.2, 0.25) is 0 Å². The normalized spacial score (nSPS) is 15.7. The number of rotatable bonds is 5. The maximum Gasteiger partial charge on any atom is 0.338 e. The summed E-state index contributed by atoms with van der Waals surface area (Å²) in [5.41, 5.74) is 1.67. The molecule has 5 nitrogen and oxygen atoms in total. The van der Waals surface area contributed by atoms with Gasteiger partial charge in [-0.2, -0.15) is 0 Å². The lowest BCUT2D eigenvalue weighted by atomic mass is 10.0. The predicted molar refractivity (Wildman–Crippen MR) is 131 cm³/mol. The van der Waals surface area contributed by atoms with Gasteiger partial charge >= 0.3 is 5.97 Å². The minimum absolute atomic E-state index is 0.116. The number of thiazole rings is 1. The molecule has 8 heteroatoms. The molecule has 1 aliphatic heterocycles. The molecule has 0 radical (unpaired) electrons. The van der Waals surface area contributed by atoms with Gasteiger partial charge < -0.3 is 4.74 Å². The van der Waals surface area contributed by atoms with Crippen LogP contribution in [-0.2, 0) is 16.1 Å². The molecule has 0 spiro atoms. The van der Waals surface area contributed by atoms with Gasteiger partial charge in [-0.05, 0) is 36.1 Å². The van der Waals surface area contributed by atoms with Crippen LogP contribution in [0.15, 0.2) is 93.2 Å². The number of halogens is 1. The van der Waals surface area contributed by atoms with E-state index < -0.39 is 17.8 Å². The Labute approximate surface area is 202 Å². The molecule has 0 amide bonds. The third-order valence-corrected chi connectivity index (χ3v) is 7.37. The van der Waals surface area contributed by atoms with Gasteiger partial charge in [-0.1, -0.05) is 65.9 Å². The minimum Gasteiger partial charge on any atom is -0.457 e. The first-order chi connectivity index (χ1) is 16.5. The monoisotopic (exact) mass is 490 g/mol. The molecule has 170 valence electrons. The fraction of sp³-hybridized carbons (Fsp3) is 0.115. The molecule has 0 saturated carbocycles. The van der Waals surface area contributed by atoms with Crippen LogP contribution in [0.3, 0.4) is 0 Å². The van der Waals surface area contributed by atoms with Gasteiger partial charge in [0.25, 0.3) is 5.56 Å². The smallest absolute Gasteiger partial charge is 0.338 e. The van der Waals surface area contributed by atoms with Crippen LogP contribution in [0.5, 0.6) is 0 Å². The molecule has 0 saturated heterocycles. The van der Waals surface area contributed by atoms with E-state index in [2.05, 4.69) is 4.99 Å². The zero-order chi connectivity index (χ0) is 23.7. The zero-order valence-electron chi connectivity index (χ0n) is 18.1. The second-order valence-electron chi connectivity index (χ2n) is 7.68. The van der Waals surface area contributed by atoms with Crippen molar-refractivity contribution in [2.24, 2.45) is 4.99 Å². The fourth-order valence-corrected chi connectivity index (χ4v) is 5.69. The Bertz CT molecular complexity index is 1570. The summed E-state index contributed by atoms with van der Waals surface area (Å²) in [4.78, 5) is 32.6. The van der Waals surface area contributed by atoms with E-state index in [1.165, 1.54) is 39.4 Å². The van der Waals surface area contributed by atoms with Crippen molar-refractivity contribution in [1.29, 1.82) is 0 Å². The first kappa shape index (κ1) is 22.2. The van der Waals surface area contributed by atoms with Crippen molar-refractivity contribution in [1.82, 2.24) is 4.57 Å². The molecule has 1 atom stereocenters. The van der Waals surface area contributed by atoms with Gasteiger partial charge in [0.1, 0.15) is 18.5 Å². The molecule has 1 aliphatic rings. The first-order valence-corrected chi connectivity index (χ1v) is 12.2. The van der Waals surface area contributed by atoms with Crippen LogP contribution in [0, 0.1) is 5.82 Å². The standard InChI is InChI=1S/C26H19FN2O3S2/c1-16-22(25(31)32-15-17-8-3-2-4-9-17)23(20-12-7-13-33-20)29-24(30)21(34-26(29)28-16)14-18-10-5-6-11-19(18)27/h2-14,23H,15H2,1H3/b21-14+/t23-/m0/s1. The molecule has 0 unspecified atom stereocenters. The highest BCUT2D eigenvalue weighted by Crippen LogP contribution is 2.33. The quantitative estimate of drug-likeness (QED) is 0.395. The highest BCUT2D eigenvalue weighted by atomic mass is 32.1. The van der Waals surface area contributed by atoms with Crippen LogP contribution >= 0.6 is 22.7 Å². The SMILES string of the molecule is CC1=C(C(=O)OCc2ccccc2)[C@H](c2cccs2)n2c(s/c(=C/c3ccccc3F)c2=O)=N1. The van der Waals surface area contributed by atoms with Gasteiger partial charge in [-0.15, -0.1) is 11.3 Å². The number of carbonyl (C=O) groups is 1. The summed E-state index contributed by atoms with van der Waals surface area (Å²) in [7, 11) is 0. The summed E-state index contributed by atoms with van der Waals surface area (Å²) in [6.07, 6.45) is 1.53. The number of hydrogen-bond acceptors (Lipinski definition) is 6. The Hall–Kier alpha value is -3.62. The van der Waals surface area contributed by atoms with Gasteiger partial charge in [0, 0.05) is 10.4 Å². The molecule has 34 heavy (non-hydrogen) atoms. The first-order valence-electron chi connectivity index (χ1n) is 10.5. The number of benzene rings is 2. The van der Waals surface area contributed by atoms with Gasteiger partial charge in [-0.3, -0.25) is 9.36 Å². The Morgan fingerprint density at radius 2 is 1.88 bits per heavy atom. The van der Waals surface area contributed by atoms with Crippen molar-refractivity contribution < 1.29 is 13.9 Å². The molecule has 0 fully saturated rings. The highest BCUT2D eigenvalue weighted by Gasteiger charge is 2.34. The van der Waals surface area contributed by atoms with Crippen molar-refractivity contribution >= 4 is 34.7 Å². The molecular formula is C26H19FN2O3S2. The number of hydrogen-bond donors (Lipinski definition) is 0. The summed E-state index contributed by atoms with van der Waals surface area (Å²) in [5.74, 6) is -0.934. The summed E-state index contributed by atoms with van der Waals surface area (Å²) in [5, 5.41) is 1.90. The van der Waals surface area contributed by atoms with Gasteiger partial charge in [0.05, 0.1) is 15.8 Å². The van der Waals surface area contributed by atoms with E-state index in [1.807, 2.05) is 47.8 Å². The molecule has 4 aromatic rings. The topological polar surface area (TPSA) is 60.7 Å². The summed E-state index contributed by atoms with van der Waals surface area (Å²) in [6, 6.07) is 18.8. The fourth-order valence-electron chi connectivity index (χ4n) is 3.83. The Kier molecular flexibility index (Phi) is 6.08. The van der Waals surface area contributed by atoms with Crippen molar-refractivity contribution in [2.45, 2.75) is 19.6 Å². The van der Waals surface area contributed by atoms with Crippen molar-refractivity contribution in [2.75, 3.05) is 0 Å². The second-order valence-corrected chi connectivity index (χ2v) is 9.67. The minimum atomic E-state index is -0.665. The number of esters is 1. The molecule has 2 aromatic carbocycles. The van der Waals surface area contributed by atoms with Crippen LogP contribution in [-0.4, -0.2) is 10.5 Å². The Balaban J connectivity index is 1.60. The maximum absolute atomic E-state index is 14.2. The van der Waals surface area contributed by atoms with Gasteiger partial charge in [-0.25, -0.2) is 14.2 Å². The van der Waals surface area contributed by atoms with Crippen LogP contribution in [0.25, 0.3) is 6.08 Å². The van der Waals surface area contributed by atoms with E-state index in [9.17, 15) is 14.0 Å². The zero-order valence-corrected chi connectivity index (χ0v) is 19.7. The van der Waals surface area contributed by atoms with Gasteiger partial charge in [0.2, 0.25) is 0 Å². The number of carbonyl (C=O) groups excluding carboxylic acids is 1. The third kappa shape index (κ3) is 4.18. The number of fused-ring (bicyclic) bond motifs is 1. The molecule has 2 aromatic heterocycles. The van der Waals surface area contributed by atoms with E-state index in [0.29, 0.717) is 26.2 Å². The lowest BCUT2D eigenvalue weighted by Gasteiger charge is -2.23. The van der Waals surface area contributed by atoms with E-state index in [-0.39, 0.29) is 12.2 Å². The molecular weight excluding hydrogens is 471 g/mol. The van der Waals surface area contributed by atoms with Crippen molar-refractivity contribution in [3.63, 3.8) is 0 Å². The number of nitrogens with zero attached hydrogens (tertiary/aromatic N) is 2. The maximum atomic E-state index is 14.2. The molecule has 5 rings (SSSR count). The van der Waals surface area contributed by atoms with Gasteiger partial charge in [0.15, 0.2) is 4.80 Å². The Morgan fingerprint density at radius 1 is 1.12 bits per heavy atom. The van der Waals surface area contributed by atoms with Crippen molar-refractivity contribution in [3.8, 4) is 0 Å². The summed E-state index contributed by atoms with van der Waals surface area (Å²) in [6.45, 7) is 1.86. The van der Waals surface area contributed by atoms with Crippen LogP contribution in [0.4, 0.5) is 4.39 Å².